The number of ether oxygens (including phenoxy) is 1. The highest BCUT2D eigenvalue weighted by atomic mass is 16.5. The van der Waals surface area contributed by atoms with Gasteiger partial charge in [-0.15, -0.1) is 0 Å². The summed E-state index contributed by atoms with van der Waals surface area (Å²) in [5, 5.41) is 0. The average Bonchev–Trinajstić information content (AvgIpc) is 2.49. The molecular weight excluding hydrogens is 274 g/mol. The summed E-state index contributed by atoms with van der Waals surface area (Å²) in [6.07, 6.45) is 1.35. The second-order valence-corrected chi connectivity index (χ2v) is 6.52. The van der Waals surface area contributed by atoms with Crippen LogP contribution in [0.1, 0.15) is 50.7 Å². The zero-order valence-electron chi connectivity index (χ0n) is 14.2. The molecule has 1 fully saturated rings. The molecule has 1 unspecified atom stereocenters. The van der Waals surface area contributed by atoms with Gasteiger partial charge in [0.15, 0.2) is 6.10 Å². The minimum Gasteiger partial charge on any atom is -0.481 e. The highest BCUT2D eigenvalue weighted by Gasteiger charge is 2.24. The van der Waals surface area contributed by atoms with Crippen LogP contribution in [0, 0.1) is 6.92 Å². The molecular formula is C19H27NO2. The molecule has 2 rings (SSSR count). The first-order valence-electron chi connectivity index (χ1n) is 8.11. The summed E-state index contributed by atoms with van der Waals surface area (Å²) >= 11 is 0. The Balaban J connectivity index is 2.05. The molecule has 1 saturated heterocycles. The summed E-state index contributed by atoms with van der Waals surface area (Å²) in [5.41, 5.74) is 3.53. The smallest absolute Gasteiger partial charge is 0.263 e. The maximum atomic E-state index is 12.5. The van der Waals surface area contributed by atoms with E-state index in [-0.39, 0.29) is 5.91 Å². The SMILES string of the molecule is C=C1CCN(C(=O)C(C)Oc2cc(C(C)C)ccc2C)CC1. The van der Waals surface area contributed by atoms with Gasteiger partial charge in [0.2, 0.25) is 0 Å². The van der Waals surface area contributed by atoms with Gasteiger partial charge in [0.25, 0.3) is 5.91 Å². The number of amides is 1. The third kappa shape index (κ3) is 3.90. The Morgan fingerprint density at radius 3 is 2.45 bits per heavy atom. The molecule has 1 aromatic carbocycles. The van der Waals surface area contributed by atoms with Crippen LogP contribution < -0.4 is 4.74 Å². The Labute approximate surface area is 134 Å². The molecule has 1 amide bonds. The molecule has 22 heavy (non-hydrogen) atoms. The minimum atomic E-state index is -0.451. The van der Waals surface area contributed by atoms with Crippen LogP contribution in [0.4, 0.5) is 0 Å². The van der Waals surface area contributed by atoms with E-state index < -0.39 is 6.10 Å². The zero-order chi connectivity index (χ0) is 16.3. The molecule has 0 aliphatic carbocycles. The van der Waals surface area contributed by atoms with Crippen molar-refractivity contribution in [1.29, 1.82) is 0 Å². The molecule has 3 nitrogen and oxygen atoms in total. The van der Waals surface area contributed by atoms with Crippen molar-refractivity contribution < 1.29 is 9.53 Å². The number of likely N-dealkylation sites (tertiary alicyclic amines) is 1. The van der Waals surface area contributed by atoms with Crippen molar-refractivity contribution in [2.24, 2.45) is 0 Å². The van der Waals surface area contributed by atoms with Crippen molar-refractivity contribution in [3.8, 4) is 5.75 Å². The number of carbonyl (C=O) groups excluding carboxylic acids is 1. The van der Waals surface area contributed by atoms with Gasteiger partial charge in [-0.3, -0.25) is 4.79 Å². The lowest BCUT2D eigenvalue weighted by atomic mass is 10.0. The number of piperidine rings is 1. The highest BCUT2D eigenvalue weighted by molar-refractivity contribution is 5.81. The lowest BCUT2D eigenvalue weighted by molar-refractivity contribution is -0.138. The van der Waals surface area contributed by atoms with Gasteiger partial charge in [-0.25, -0.2) is 0 Å². The molecule has 1 aliphatic rings. The van der Waals surface area contributed by atoms with E-state index in [1.54, 1.807) is 0 Å². The van der Waals surface area contributed by atoms with Crippen molar-refractivity contribution >= 4 is 5.91 Å². The first-order valence-corrected chi connectivity index (χ1v) is 8.11. The molecule has 0 N–H and O–H groups in total. The van der Waals surface area contributed by atoms with Crippen LogP contribution in [0.15, 0.2) is 30.4 Å². The molecule has 0 bridgehead atoms. The minimum absolute atomic E-state index is 0.0712. The Kier molecular flexibility index (Phi) is 5.28. The molecule has 0 aromatic heterocycles. The predicted octanol–water partition coefficient (Wildman–Crippen LogP) is 4.06. The number of carbonyl (C=O) groups is 1. The fourth-order valence-corrected chi connectivity index (χ4v) is 2.64. The first-order chi connectivity index (χ1) is 10.4. The third-order valence-corrected chi connectivity index (χ3v) is 4.31. The highest BCUT2D eigenvalue weighted by Crippen LogP contribution is 2.25. The number of aryl methyl sites for hydroxylation is 1. The third-order valence-electron chi connectivity index (χ3n) is 4.31. The number of benzene rings is 1. The van der Waals surface area contributed by atoms with Gasteiger partial charge in [0, 0.05) is 13.1 Å². The Morgan fingerprint density at radius 2 is 1.86 bits per heavy atom. The van der Waals surface area contributed by atoms with Crippen LogP contribution in [0.3, 0.4) is 0 Å². The Hall–Kier alpha value is -1.77. The second-order valence-electron chi connectivity index (χ2n) is 6.52. The summed E-state index contributed by atoms with van der Waals surface area (Å²) in [4.78, 5) is 14.4. The van der Waals surface area contributed by atoms with Crippen LogP contribution in [-0.4, -0.2) is 30.0 Å². The van der Waals surface area contributed by atoms with Gasteiger partial charge in [0.1, 0.15) is 5.75 Å². The fraction of sp³-hybridized carbons (Fsp3) is 0.526. The molecule has 1 atom stereocenters. The predicted molar refractivity (Wildman–Crippen MR) is 90.3 cm³/mol. The number of rotatable bonds is 4. The summed E-state index contributed by atoms with van der Waals surface area (Å²) in [7, 11) is 0. The van der Waals surface area contributed by atoms with Crippen molar-refractivity contribution in [2.75, 3.05) is 13.1 Å². The summed E-state index contributed by atoms with van der Waals surface area (Å²) in [6, 6.07) is 6.24. The number of nitrogens with zero attached hydrogens (tertiary/aromatic N) is 1. The normalized spacial score (nSPS) is 16.8. The molecule has 120 valence electrons. The van der Waals surface area contributed by atoms with Gasteiger partial charge < -0.3 is 9.64 Å². The Bertz CT molecular complexity index is 553. The van der Waals surface area contributed by atoms with Crippen LogP contribution in [0.5, 0.6) is 5.75 Å². The average molecular weight is 301 g/mol. The van der Waals surface area contributed by atoms with Gasteiger partial charge >= 0.3 is 0 Å². The van der Waals surface area contributed by atoms with Crippen LogP contribution in [-0.2, 0) is 4.79 Å². The van der Waals surface area contributed by atoms with E-state index in [4.69, 9.17) is 4.74 Å². The van der Waals surface area contributed by atoms with E-state index in [0.717, 1.165) is 37.2 Å². The number of hydrogen-bond acceptors (Lipinski definition) is 2. The molecule has 0 spiro atoms. The monoisotopic (exact) mass is 301 g/mol. The van der Waals surface area contributed by atoms with Gasteiger partial charge in [-0.1, -0.05) is 38.1 Å². The second kappa shape index (κ2) is 6.99. The van der Waals surface area contributed by atoms with Gasteiger partial charge in [-0.2, -0.15) is 0 Å². The molecule has 1 aliphatic heterocycles. The van der Waals surface area contributed by atoms with Crippen molar-refractivity contribution in [2.45, 2.75) is 52.6 Å². The lowest BCUT2D eigenvalue weighted by Gasteiger charge is -2.30. The quantitative estimate of drug-likeness (QED) is 0.785. The summed E-state index contributed by atoms with van der Waals surface area (Å²) in [5.74, 6) is 1.33. The van der Waals surface area contributed by atoms with Crippen LogP contribution in [0.25, 0.3) is 0 Å². The van der Waals surface area contributed by atoms with Crippen molar-refractivity contribution in [1.82, 2.24) is 4.90 Å². The molecule has 0 radical (unpaired) electrons. The maximum absolute atomic E-state index is 12.5. The number of hydrogen-bond donors (Lipinski definition) is 0. The van der Waals surface area contributed by atoms with Gasteiger partial charge in [-0.05, 0) is 49.8 Å². The summed E-state index contributed by atoms with van der Waals surface area (Å²) < 4.78 is 5.96. The van der Waals surface area contributed by atoms with E-state index >= 15 is 0 Å². The fourth-order valence-electron chi connectivity index (χ4n) is 2.64. The van der Waals surface area contributed by atoms with E-state index in [1.807, 2.05) is 18.7 Å². The van der Waals surface area contributed by atoms with E-state index in [0.29, 0.717) is 5.92 Å². The molecule has 3 heteroatoms. The molecule has 1 aromatic rings. The van der Waals surface area contributed by atoms with Crippen molar-refractivity contribution in [3.63, 3.8) is 0 Å². The van der Waals surface area contributed by atoms with E-state index in [9.17, 15) is 4.79 Å². The largest absolute Gasteiger partial charge is 0.481 e. The topological polar surface area (TPSA) is 29.5 Å². The van der Waals surface area contributed by atoms with E-state index in [1.165, 1.54) is 11.1 Å². The first kappa shape index (κ1) is 16.6. The maximum Gasteiger partial charge on any atom is 0.263 e. The molecule has 0 saturated carbocycles. The molecule has 1 heterocycles. The van der Waals surface area contributed by atoms with Gasteiger partial charge in [0.05, 0.1) is 0 Å². The van der Waals surface area contributed by atoms with E-state index in [2.05, 4.69) is 38.6 Å². The lowest BCUT2D eigenvalue weighted by Crippen LogP contribution is -2.43. The van der Waals surface area contributed by atoms with Crippen LogP contribution >= 0.6 is 0 Å². The summed E-state index contributed by atoms with van der Waals surface area (Å²) in [6.45, 7) is 13.7. The standard InChI is InChI=1S/C19H27NO2/c1-13(2)17-7-6-15(4)18(12-17)22-16(5)19(21)20-10-8-14(3)9-11-20/h6-7,12-13,16H,3,8-11H2,1-2,4-5H3. The van der Waals surface area contributed by atoms with Crippen molar-refractivity contribution in [3.05, 3.63) is 41.5 Å². The zero-order valence-corrected chi connectivity index (χ0v) is 14.2. The Morgan fingerprint density at radius 1 is 1.23 bits per heavy atom. The van der Waals surface area contributed by atoms with Crippen LogP contribution in [0.2, 0.25) is 0 Å².